The van der Waals surface area contributed by atoms with Crippen molar-refractivity contribution in [2.75, 3.05) is 66.4 Å². The molecule has 1 fully saturated rings. The van der Waals surface area contributed by atoms with Crippen molar-refractivity contribution in [2.45, 2.75) is 32.6 Å². The number of ether oxygens (including phenoxy) is 4. The molecule has 1 aliphatic rings. The minimum absolute atomic E-state index is 0.267. The van der Waals surface area contributed by atoms with E-state index in [2.05, 4.69) is 12.2 Å². The monoisotopic (exact) mass is 303 g/mol. The van der Waals surface area contributed by atoms with E-state index in [1.165, 1.54) is 6.42 Å². The molecule has 5 heteroatoms. The van der Waals surface area contributed by atoms with Crippen LogP contribution in [0.4, 0.5) is 0 Å². The molecule has 0 aromatic rings. The molecule has 1 N–H and O–H groups in total. The maximum Gasteiger partial charge on any atom is 0.0701 e. The topological polar surface area (TPSA) is 49.0 Å². The lowest BCUT2D eigenvalue weighted by Crippen LogP contribution is -2.34. The Morgan fingerprint density at radius 1 is 1.00 bits per heavy atom. The SMILES string of the molecule is CCCCOCCOCCOCCC1(CNC)CCOC1. The molecule has 1 heterocycles. The Balaban J connectivity index is 1.88. The van der Waals surface area contributed by atoms with Crippen LogP contribution >= 0.6 is 0 Å². The van der Waals surface area contributed by atoms with E-state index < -0.39 is 0 Å². The van der Waals surface area contributed by atoms with Gasteiger partial charge in [0.2, 0.25) is 0 Å². The van der Waals surface area contributed by atoms with Gasteiger partial charge in [-0.2, -0.15) is 0 Å². The van der Waals surface area contributed by atoms with Gasteiger partial charge >= 0.3 is 0 Å². The van der Waals surface area contributed by atoms with Crippen molar-refractivity contribution in [2.24, 2.45) is 5.41 Å². The molecule has 5 nitrogen and oxygen atoms in total. The number of rotatable bonds is 14. The van der Waals surface area contributed by atoms with Crippen molar-refractivity contribution in [3.05, 3.63) is 0 Å². The van der Waals surface area contributed by atoms with E-state index in [9.17, 15) is 0 Å². The Morgan fingerprint density at radius 3 is 2.24 bits per heavy atom. The van der Waals surface area contributed by atoms with Crippen LogP contribution in [0.25, 0.3) is 0 Å². The Bertz CT molecular complexity index is 232. The zero-order chi connectivity index (χ0) is 15.2. The van der Waals surface area contributed by atoms with Crippen molar-refractivity contribution in [1.29, 1.82) is 0 Å². The Kier molecular flexibility index (Phi) is 11.1. The summed E-state index contributed by atoms with van der Waals surface area (Å²) < 4.78 is 22.1. The van der Waals surface area contributed by atoms with E-state index in [-0.39, 0.29) is 5.41 Å². The summed E-state index contributed by atoms with van der Waals surface area (Å²) in [5.41, 5.74) is 0.267. The van der Waals surface area contributed by atoms with E-state index >= 15 is 0 Å². The lowest BCUT2D eigenvalue weighted by molar-refractivity contribution is 0.00705. The van der Waals surface area contributed by atoms with E-state index in [1.807, 2.05) is 7.05 Å². The molecule has 0 amide bonds. The summed E-state index contributed by atoms with van der Waals surface area (Å²) in [5.74, 6) is 0. The fourth-order valence-electron chi connectivity index (χ4n) is 2.53. The van der Waals surface area contributed by atoms with Crippen LogP contribution in [0.2, 0.25) is 0 Å². The third-order valence-electron chi connectivity index (χ3n) is 3.90. The van der Waals surface area contributed by atoms with Gasteiger partial charge in [-0.05, 0) is 26.3 Å². The average molecular weight is 303 g/mol. The summed E-state index contributed by atoms with van der Waals surface area (Å²) in [6, 6.07) is 0. The van der Waals surface area contributed by atoms with Crippen LogP contribution in [0.15, 0.2) is 0 Å². The van der Waals surface area contributed by atoms with Gasteiger partial charge in [-0.1, -0.05) is 13.3 Å². The first-order valence-corrected chi connectivity index (χ1v) is 8.28. The number of hydrogen-bond acceptors (Lipinski definition) is 5. The second kappa shape index (κ2) is 12.4. The van der Waals surface area contributed by atoms with Crippen molar-refractivity contribution >= 4 is 0 Å². The minimum Gasteiger partial charge on any atom is -0.381 e. The quantitative estimate of drug-likeness (QED) is 0.496. The molecule has 0 bridgehead atoms. The Labute approximate surface area is 129 Å². The Morgan fingerprint density at radius 2 is 1.67 bits per heavy atom. The van der Waals surface area contributed by atoms with Gasteiger partial charge in [0.1, 0.15) is 0 Å². The molecule has 1 unspecified atom stereocenters. The zero-order valence-electron chi connectivity index (χ0n) is 13.8. The van der Waals surface area contributed by atoms with Crippen LogP contribution in [0.5, 0.6) is 0 Å². The van der Waals surface area contributed by atoms with Gasteiger partial charge in [-0.25, -0.2) is 0 Å². The van der Waals surface area contributed by atoms with Gasteiger partial charge in [-0.3, -0.25) is 0 Å². The average Bonchev–Trinajstić information content (AvgIpc) is 2.94. The van der Waals surface area contributed by atoms with Crippen LogP contribution < -0.4 is 5.32 Å². The summed E-state index contributed by atoms with van der Waals surface area (Å²) >= 11 is 0. The zero-order valence-corrected chi connectivity index (χ0v) is 13.8. The van der Waals surface area contributed by atoms with Crippen LogP contribution in [0.3, 0.4) is 0 Å². The third kappa shape index (κ3) is 8.73. The van der Waals surface area contributed by atoms with Gasteiger partial charge in [0.15, 0.2) is 0 Å². The van der Waals surface area contributed by atoms with Crippen molar-refractivity contribution in [3.63, 3.8) is 0 Å². The molecule has 21 heavy (non-hydrogen) atoms. The molecule has 0 saturated carbocycles. The molecule has 0 aromatic heterocycles. The summed E-state index contributed by atoms with van der Waals surface area (Å²) in [6.45, 7) is 9.15. The van der Waals surface area contributed by atoms with Gasteiger partial charge in [0, 0.05) is 31.8 Å². The smallest absolute Gasteiger partial charge is 0.0701 e. The van der Waals surface area contributed by atoms with Crippen molar-refractivity contribution < 1.29 is 18.9 Å². The maximum atomic E-state index is 5.66. The van der Waals surface area contributed by atoms with E-state index in [1.54, 1.807) is 0 Å². The highest BCUT2D eigenvalue weighted by Crippen LogP contribution is 2.31. The van der Waals surface area contributed by atoms with Gasteiger partial charge in [0.05, 0.1) is 33.0 Å². The lowest BCUT2D eigenvalue weighted by Gasteiger charge is -2.26. The largest absolute Gasteiger partial charge is 0.381 e. The fourth-order valence-corrected chi connectivity index (χ4v) is 2.53. The highest BCUT2D eigenvalue weighted by Gasteiger charge is 2.33. The molecule has 1 rings (SSSR count). The summed E-state index contributed by atoms with van der Waals surface area (Å²) in [6.07, 6.45) is 4.48. The second-order valence-corrected chi connectivity index (χ2v) is 5.77. The maximum absolute atomic E-state index is 5.66. The molecular weight excluding hydrogens is 270 g/mol. The van der Waals surface area contributed by atoms with Gasteiger partial charge in [-0.15, -0.1) is 0 Å². The molecule has 1 atom stereocenters. The molecule has 0 aliphatic carbocycles. The number of hydrogen-bond donors (Lipinski definition) is 1. The first kappa shape index (κ1) is 18.8. The fraction of sp³-hybridized carbons (Fsp3) is 1.00. The number of unbranched alkanes of at least 4 members (excludes halogenated alkanes) is 1. The van der Waals surface area contributed by atoms with Gasteiger partial charge < -0.3 is 24.3 Å². The molecule has 0 aromatic carbocycles. The summed E-state index contributed by atoms with van der Waals surface area (Å²) in [7, 11) is 2.00. The molecule has 0 spiro atoms. The Hall–Kier alpha value is -0.200. The second-order valence-electron chi connectivity index (χ2n) is 5.77. The summed E-state index contributed by atoms with van der Waals surface area (Å²) in [4.78, 5) is 0. The minimum atomic E-state index is 0.267. The van der Waals surface area contributed by atoms with E-state index in [4.69, 9.17) is 18.9 Å². The first-order chi connectivity index (χ1) is 10.3. The predicted molar refractivity (Wildman–Crippen MR) is 83.8 cm³/mol. The predicted octanol–water partition coefficient (Wildman–Crippen LogP) is 1.85. The van der Waals surface area contributed by atoms with Crippen LogP contribution in [0.1, 0.15) is 32.6 Å². The van der Waals surface area contributed by atoms with Gasteiger partial charge in [0.25, 0.3) is 0 Å². The number of nitrogens with one attached hydrogen (secondary N) is 1. The molecule has 126 valence electrons. The van der Waals surface area contributed by atoms with Crippen molar-refractivity contribution in [1.82, 2.24) is 5.32 Å². The van der Waals surface area contributed by atoms with E-state index in [0.717, 1.165) is 52.2 Å². The molecule has 0 radical (unpaired) electrons. The normalized spacial score (nSPS) is 22.0. The summed E-state index contributed by atoms with van der Waals surface area (Å²) in [5, 5.41) is 3.27. The van der Waals surface area contributed by atoms with Crippen LogP contribution in [0, 0.1) is 5.41 Å². The van der Waals surface area contributed by atoms with Crippen LogP contribution in [-0.4, -0.2) is 66.4 Å². The highest BCUT2D eigenvalue weighted by molar-refractivity contribution is 4.84. The third-order valence-corrected chi connectivity index (χ3v) is 3.90. The highest BCUT2D eigenvalue weighted by atomic mass is 16.5. The molecule has 1 aliphatic heterocycles. The standard InChI is InChI=1S/C16H33NO4/c1-3-4-7-18-10-12-20-13-11-19-8-5-16(14-17-2)6-9-21-15-16/h17H,3-15H2,1-2H3. The van der Waals surface area contributed by atoms with E-state index in [0.29, 0.717) is 26.4 Å². The van der Waals surface area contributed by atoms with Crippen LogP contribution in [-0.2, 0) is 18.9 Å². The van der Waals surface area contributed by atoms with Crippen molar-refractivity contribution in [3.8, 4) is 0 Å². The lowest BCUT2D eigenvalue weighted by atomic mass is 9.84. The first-order valence-electron chi connectivity index (χ1n) is 8.28. The molecular formula is C16H33NO4. The molecule has 1 saturated heterocycles.